The van der Waals surface area contributed by atoms with Crippen LogP contribution in [-0.2, 0) is 0 Å². The predicted octanol–water partition coefficient (Wildman–Crippen LogP) is 3.44. The van der Waals surface area contributed by atoms with E-state index in [1.165, 1.54) is 24.1 Å². The molecule has 4 nitrogen and oxygen atoms in total. The first-order chi connectivity index (χ1) is 12.2. The third-order valence-corrected chi connectivity index (χ3v) is 5.01. The van der Waals surface area contributed by atoms with E-state index in [2.05, 4.69) is 34.9 Å². The van der Waals surface area contributed by atoms with Gasteiger partial charge >= 0.3 is 6.03 Å². The van der Waals surface area contributed by atoms with Gasteiger partial charge in [-0.25, -0.2) is 9.18 Å². The van der Waals surface area contributed by atoms with Gasteiger partial charge in [-0.05, 0) is 30.2 Å². The van der Waals surface area contributed by atoms with Crippen LogP contribution >= 0.6 is 0 Å². The second-order valence-electron chi connectivity index (χ2n) is 6.98. The highest BCUT2D eigenvalue weighted by molar-refractivity contribution is 5.89. The highest BCUT2D eigenvalue weighted by Crippen LogP contribution is 2.40. The molecular weight excluding hydrogens is 317 g/mol. The van der Waals surface area contributed by atoms with Gasteiger partial charge in [-0.1, -0.05) is 36.4 Å². The normalized spacial score (nSPS) is 22.4. The van der Waals surface area contributed by atoms with Gasteiger partial charge in [0.15, 0.2) is 0 Å². The first-order valence-corrected chi connectivity index (χ1v) is 8.79. The molecule has 2 amide bonds. The molecule has 1 aliphatic carbocycles. The fourth-order valence-electron chi connectivity index (χ4n) is 3.44. The van der Waals surface area contributed by atoms with Crippen LogP contribution in [0, 0.1) is 11.7 Å². The van der Waals surface area contributed by atoms with E-state index in [0.29, 0.717) is 23.6 Å². The summed E-state index contributed by atoms with van der Waals surface area (Å²) in [6.07, 6.45) is 1.19. The maximum absolute atomic E-state index is 13.1. The molecule has 1 aliphatic heterocycles. The summed E-state index contributed by atoms with van der Waals surface area (Å²) in [5, 5.41) is 6.35. The van der Waals surface area contributed by atoms with E-state index in [1.807, 2.05) is 6.07 Å². The van der Waals surface area contributed by atoms with Crippen LogP contribution in [-0.4, -0.2) is 36.6 Å². The summed E-state index contributed by atoms with van der Waals surface area (Å²) in [7, 11) is 0. The number of halogens is 1. The molecule has 0 radical (unpaired) electrons. The fraction of sp³-hybridized carbons (Fsp3) is 0.350. The summed E-state index contributed by atoms with van der Waals surface area (Å²) in [4.78, 5) is 13.9. The average Bonchev–Trinajstić information content (AvgIpc) is 3.34. The molecule has 1 saturated heterocycles. The van der Waals surface area contributed by atoms with Gasteiger partial charge in [0.2, 0.25) is 0 Å². The van der Waals surface area contributed by atoms with E-state index in [4.69, 9.17) is 0 Å². The number of amides is 2. The lowest BCUT2D eigenvalue weighted by Gasteiger charge is -2.39. The maximum atomic E-state index is 13.1. The van der Waals surface area contributed by atoms with Crippen molar-refractivity contribution in [2.24, 2.45) is 5.92 Å². The van der Waals surface area contributed by atoms with Gasteiger partial charge in [-0.15, -0.1) is 0 Å². The van der Waals surface area contributed by atoms with Crippen molar-refractivity contribution >= 4 is 11.7 Å². The number of likely N-dealkylation sites (tertiary alicyclic amines) is 1. The van der Waals surface area contributed by atoms with Crippen LogP contribution in [0.3, 0.4) is 0 Å². The zero-order valence-corrected chi connectivity index (χ0v) is 14.0. The molecule has 0 bridgehead atoms. The number of benzene rings is 2. The number of urea groups is 1. The molecule has 5 heteroatoms. The summed E-state index contributed by atoms with van der Waals surface area (Å²) >= 11 is 0. The van der Waals surface area contributed by atoms with Gasteiger partial charge < -0.3 is 15.5 Å². The Hall–Kier alpha value is -2.40. The minimum absolute atomic E-state index is 0.157. The predicted molar refractivity (Wildman–Crippen MR) is 96.1 cm³/mol. The average molecular weight is 339 g/mol. The number of hydrogen-bond acceptors (Lipinski definition) is 2. The Morgan fingerprint density at radius 1 is 1.12 bits per heavy atom. The lowest BCUT2D eigenvalue weighted by molar-refractivity contribution is 0.129. The molecule has 2 aromatic carbocycles. The smallest absolute Gasteiger partial charge is 0.321 e. The Morgan fingerprint density at radius 3 is 2.68 bits per heavy atom. The number of carbonyl (C=O) groups is 1. The zero-order valence-electron chi connectivity index (χ0n) is 14.0. The number of nitrogens with zero attached hydrogens (tertiary/aromatic N) is 1. The van der Waals surface area contributed by atoms with Gasteiger partial charge in [0.05, 0.1) is 0 Å². The topological polar surface area (TPSA) is 44.4 Å². The summed E-state index contributed by atoms with van der Waals surface area (Å²) in [5.74, 6) is 0.782. The SMILES string of the molecule is O=C(Nc1cccc(F)c1)N1CC(CNC2CC2c2ccccc2)C1. The van der Waals surface area contributed by atoms with E-state index in [-0.39, 0.29) is 11.8 Å². The molecule has 1 saturated carbocycles. The summed E-state index contributed by atoms with van der Waals surface area (Å²) in [6.45, 7) is 2.44. The highest BCUT2D eigenvalue weighted by atomic mass is 19.1. The van der Waals surface area contributed by atoms with Crippen molar-refractivity contribution in [2.75, 3.05) is 25.0 Å². The number of nitrogens with one attached hydrogen (secondary N) is 2. The first-order valence-electron chi connectivity index (χ1n) is 8.79. The Bertz CT molecular complexity index is 746. The summed E-state index contributed by atoms with van der Waals surface area (Å²) < 4.78 is 13.1. The van der Waals surface area contributed by atoms with E-state index >= 15 is 0 Å². The molecule has 2 unspecified atom stereocenters. The molecule has 25 heavy (non-hydrogen) atoms. The van der Waals surface area contributed by atoms with Crippen molar-refractivity contribution in [3.8, 4) is 0 Å². The molecule has 2 N–H and O–H groups in total. The molecule has 4 rings (SSSR count). The molecule has 2 aromatic rings. The second-order valence-corrected chi connectivity index (χ2v) is 6.98. The van der Waals surface area contributed by atoms with E-state index in [0.717, 1.165) is 19.6 Å². The number of rotatable bonds is 5. The van der Waals surface area contributed by atoms with Crippen molar-refractivity contribution in [1.29, 1.82) is 0 Å². The van der Waals surface area contributed by atoms with Crippen LogP contribution in [0.2, 0.25) is 0 Å². The molecule has 0 aromatic heterocycles. The number of anilines is 1. The monoisotopic (exact) mass is 339 g/mol. The largest absolute Gasteiger partial charge is 0.324 e. The van der Waals surface area contributed by atoms with Crippen LogP contribution in [0.1, 0.15) is 17.9 Å². The lowest BCUT2D eigenvalue weighted by atomic mass is 10.0. The van der Waals surface area contributed by atoms with Crippen molar-refractivity contribution in [1.82, 2.24) is 10.2 Å². The standard InChI is InChI=1S/C20H22FN3O/c21-16-7-4-8-17(9-16)23-20(25)24-12-14(13-24)11-22-19-10-18(19)15-5-2-1-3-6-15/h1-9,14,18-19,22H,10-13H2,(H,23,25). The van der Waals surface area contributed by atoms with Gasteiger partial charge in [0.1, 0.15) is 5.82 Å². The minimum atomic E-state index is -0.346. The Kier molecular flexibility index (Phi) is 4.40. The van der Waals surface area contributed by atoms with Crippen molar-refractivity contribution in [2.45, 2.75) is 18.4 Å². The van der Waals surface area contributed by atoms with Crippen molar-refractivity contribution < 1.29 is 9.18 Å². The second kappa shape index (κ2) is 6.84. The summed E-state index contributed by atoms with van der Waals surface area (Å²) in [5.41, 5.74) is 1.90. The number of carbonyl (C=O) groups excluding carboxylic acids is 1. The van der Waals surface area contributed by atoms with Crippen molar-refractivity contribution in [3.05, 3.63) is 66.0 Å². The van der Waals surface area contributed by atoms with Crippen LogP contribution in [0.5, 0.6) is 0 Å². The Labute approximate surface area is 147 Å². The van der Waals surface area contributed by atoms with Gasteiger partial charge in [0, 0.05) is 43.2 Å². The van der Waals surface area contributed by atoms with Crippen LogP contribution in [0.4, 0.5) is 14.9 Å². The third kappa shape index (κ3) is 3.82. The first kappa shape index (κ1) is 16.1. The molecule has 1 heterocycles. The summed E-state index contributed by atoms with van der Waals surface area (Å²) in [6, 6.07) is 17.0. The highest BCUT2D eigenvalue weighted by Gasteiger charge is 2.39. The molecule has 2 fully saturated rings. The molecular formula is C20H22FN3O. The molecule has 2 aliphatic rings. The molecule has 0 spiro atoms. The van der Waals surface area contributed by atoms with Gasteiger partial charge in [-0.3, -0.25) is 0 Å². The Balaban J connectivity index is 1.17. The number of hydrogen-bond donors (Lipinski definition) is 2. The van der Waals surface area contributed by atoms with Crippen LogP contribution in [0.25, 0.3) is 0 Å². The third-order valence-electron chi connectivity index (χ3n) is 5.01. The van der Waals surface area contributed by atoms with Crippen LogP contribution < -0.4 is 10.6 Å². The minimum Gasteiger partial charge on any atom is -0.324 e. The van der Waals surface area contributed by atoms with E-state index in [9.17, 15) is 9.18 Å². The van der Waals surface area contributed by atoms with Crippen LogP contribution in [0.15, 0.2) is 54.6 Å². The maximum Gasteiger partial charge on any atom is 0.321 e. The van der Waals surface area contributed by atoms with E-state index < -0.39 is 0 Å². The van der Waals surface area contributed by atoms with E-state index in [1.54, 1.807) is 17.0 Å². The zero-order chi connectivity index (χ0) is 17.2. The van der Waals surface area contributed by atoms with Gasteiger partial charge in [-0.2, -0.15) is 0 Å². The lowest BCUT2D eigenvalue weighted by Crippen LogP contribution is -2.54. The molecule has 2 atom stereocenters. The van der Waals surface area contributed by atoms with Crippen molar-refractivity contribution in [3.63, 3.8) is 0 Å². The Morgan fingerprint density at radius 2 is 1.92 bits per heavy atom. The quantitative estimate of drug-likeness (QED) is 0.876. The fourth-order valence-corrected chi connectivity index (χ4v) is 3.44. The molecule has 130 valence electrons. The van der Waals surface area contributed by atoms with Gasteiger partial charge in [0.25, 0.3) is 0 Å².